The highest BCUT2D eigenvalue weighted by Gasteiger charge is 2.09. The van der Waals surface area contributed by atoms with Crippen LogP contribution in [0.3, 0.4) is 0 Å². The van der Waals surface area contributed by atoms with Crippen molar-refractivity contribution in [1.29, 1.82) is 0 Å². The van der Waals surface area contributed by atoms with Crippen molar-refractivity contribution in [2.45, 2.75) is 19.5 Å². The first-order valence-corrected chi connectivity index (χ1v) is 9.02. The van der Waals surface area contributed by atoms with E-state index in [9.17, 15) is 0 Å². The van der Waals surface area contributed by atoms with E-state index in [2.05, 4.69) is 70.7 Å². The third kappa shape index (κ3) is 5.11. The molecule has 3 rings (SSSR count). The summed E-state index contributed by atoms with van der Waals surface area (Å²) in [4.78, 5) is 2.42. The maximum absolute atomic E-state index is 5.44. The van der Waals surface area contributed by atoms with Gasteiger partial charge in [-0.3, -0.25) is 4.90 Å². The molecule has 1 heterocycles. The van der Waals surface area contributed by atoms with Gasteiger partial charge in [0.2, 0.25) is 0 Å². The second-order valence-corrected chi connectivity index (χ2v) is 6.62. The number of hydrogen-bond donors (Lipinski definition) is 0. The largest absolute Gasteiger partial charge is 0.310 e. The van der Waals surface area contributed by atoms with Gasteiger partial charge in [0.25, 0.3) is 0 Å². The minimum Gasteiger partial charge on any atom is -0.310 e. The zero-order valence-corrected chi connectivity index (χ0v) is 15.4. The molecule has 0 aliphatic heterocycles. The lowest BCUT2D eigenvalue weighted by molar-refractivity contribution is 0.210. The number of rotatable bonds is 8. The van der Waals surface area contributed by atoms with Crippen molar-refractivity contribution in [1.82, 2.24) is 19.2 Å². The second kappa shape index (κ2) is 8.74. The first kappa shape index (κ1) is 17.6. The van der Waals surface area contributed by atoms with Gasteiger partial charge < -0.3 is 4.57 Å². The summed E-state index contributed by atoms with van der Waals surface area (Å²) in [5.41, 5.74) is 2.72. The highest BCUT2D eigenvalue weighted by Crippen LogP contribution is 2.06. The van der Waals surface area contributed by atoms with E-state index in [4.69, 9.17) is 12.2 Å². The van der Waals surface area contributed by atoms with Crippen molar-refractivity contribution in [2.75, 3.05) is 13.1 Å². The van der Waals surface area contributed by atoms with Crippen LogP contribution in [-0.4, -0.2) is 32.3 Å². The molecule has 0 unspecified atom stereocenters. The Morgan fingerprint density at radius 3 is 1.84 bits per heavy atom. The smallest absolute Gasteiger partial charge is 0.198 e. The summed E-state index contributed by atoms with van der Waals surface area (Å²) >= 11 is 5.44. The molecular formula is C20H24N4S. The quantitative estimate of drug-likeness (QED) is 0.578. The van der Waals surface area contributed by atoms with Crippen LogP contribution in [0.15, 0.2) is 67.0 Å². The van der Waals surface area contributed by atoms with Gasteiger partial charge in [-0.15, -0.1) is 0 Å². The molecule has 2 aromatic carbocycles. The van der Waals surface area contributed by atoms with Gasteiger partial charge in [-0.25, -0.2) is 4.68 Å². The Hall–Kier alpha value is -2.24. The maximum Gasteiger partial charge on any atom is 0.198 e. The molecule has 0 aliphatic carbocycles. The Labute approximate surface area is 154 Å². The lowest BCUT2D eigenvalue weighted by atomic mass is 10.1. The monoisotopic (exact) mass is 352 g/mol. The van der Waals surface area contributed by atoms with Crippen LogP contribution < -0.4 is 0 Å². The van der Waals surface area contributed by atoms with Crippen LogP contribution in [0, 0.1) is 4.77 Å². The third-order valence-electron chi connectivity index (χ3n) is 4.34. The fourth-order valence-corrected chi connectivity index (χ4v) is 2.98. The van der Waals surface area contributed by atoms with Crippen molar-refractivity contribution in [3.05, 3.63) is 82.9 Å². The number of nitrogens with zero attached hydrogens (tertiary/aromatic N) is 4. The van der Waals surface area contributed by atoms with E-state index >= 15 is 0 Å². The topological polar surface area (TPSA) is 26.0 Å². The van der Waals surface area contributed by atoms with Gasteiger partial charge in [-0.05, 0) is 36.2 Å². The lowest BCUT2D eigenvalue weighted by Gasteiger charge is -2.22. The molecule has 0 radical (unpaired) electrons. The predicted molar refractivity (Wildman–Crippen MR) is 104 cm³/mol. The zero-order chi connectivity index (χ0) is 17.5. The zero-order valence-electron chi connectivity index (χ0n) is 14.6. The van der Waals surface area contributed by atoms with E-state index in [0.717, 1.165) is 37.4 Å². The fraction of sp³-hybridized carbons (Fsp3) is 0.300. The molecule has 0 saturated carbocycles. The van der Waals surface area contributed by atoms with Crippen LogP contribution in [0.25, 0.3) is 0 Å². The molecule has 5 heteroatoms. The molecule has 3 aromatic rings. The highest BCUT2D eigenvalue weighted by atomic mass is 32.1. The van der Waals surface area contributed by atoms with E-state index in [1.54, 1.807) is 6.33 Å². The highest BCUT2D eigenvalue weighted by molar-refractivity contribution is 7.71. The SMILES string of the molecule is Cn1cnn(CN(CCc2ccccc2)CCc2ccccc2)c1=S. The van der Waals surface area contributed by atoms with Gasteiger partial charge >= 0.3 is 0 Å². The van der Waals surface area contributed by atoms with Crippen molar-refractivity contribution in [3.8, 4) is 0 Å². The van der Waals surface area contributed by atoms with E-state index in [-0.39, 0.29) is 0 Å². The standard InChI is InChI=1S/C20H24N4S/c1-22-16-21-24(20(22)25)17-23(14-12-18-8-4-2-5-9-18)15-13-19-10-6-3-7-11-19/h2-11,16H,12-15,17H2,1H3. The van der Waals surface area contributed by atoms with Gasteiger partial charge in [0.1, 0.15) is 6.33 Å². The maximum atomic E-state index is 5.44. The number of aromatic nitrogens is 3. The van der Waals surface area contributed by atoms with E-state index in [1.165, 1.54) is 11.1 Å². The van der Waals surface area contributed by atoms with Crippen LogP contribution in [-0.2, 0) is 26.6 Å². The first-order valence-electron chi connectivity index (χ1n) is 8.61. The Bertz CT molecular complexity index is 780. The summed E-state index contributed by atoms with van der Waals surface area (Å²) in [5.74, 6) is 0. The summed E-state index contributed by atoms with van der Waals surface area (Å²) < 4.78 is 4.53. The summed E-state index contributed by atoms with van der Waals surface area (Å²) in [7, 11) is 1.93. The van der Waals surface area contributed by atoms with Gasteiger partial charge in [-0.2, -0.15) is 5.10 Å². The van der Waals surface area contributed by atoms with Gasteiger partial charge in [0, 0.05) is 20.1 Å². The second-order valence-electron chi connectivity index (χ2n) is 6.25. The third-order valence-corrected chi connectivity index (χ3v) is 4.84. The van der Waals surface area contributed by atoms with Crippen LogP contribution >= 0.6 is 12.2 Å². The van der Waals surface area contributed by atoms with Crippen molar-refractivity contribution in [3.63, 3.8) is 0 Å². The minimum absolute atomic E-state index is 0.722. The van der Waals surface area contributed by atoms with Crippen LogP contribution in [0.2, 0.25) is 0 Å². The Balaban J connectivity index is 1.66. The molecule has 130 valence electrons. The molecule has 0 fully saturated rings. The molecule has 4 nitrogen and oxygen atoms in total. The fourth-order valence-electron chi connectivity index (χ4n) is 2.82. The normalized spacial score (nSPS) is 11.1. The van der Waals surface area contributed by atoms with E-state index in [1.807, 2.05) is 16.3 Å². The Morgan fingerprint density at radius 1 is 0.880 bits per heavy atom. The summed E-state index contributed by atoms with van der Waals surface area (Å²) in [6.45, 7) is 2.68. The van der Waals surface area contributed by atoms with Crippen molar-refractivity contribution >= 4 is 12.2 Å². The first-order chi connectivity index (χ1) is 12.2. The van der Waals surface area contributed by atoms with Gasteiger partial charge in [0.05, 0.1) is 6.67 Å². The molecule has 0 spiro atoms. The van der Waals surface area contributed by atoms with Crippen molar-refractivity contribution in [2.24, 2.45) is 7.05 Å². The molecule has 0 aliphatic rings. The van der Waals surface area contributed by atoms with E-state index < -0.39 is 0 Å². The van der Waals surface area contributed by atoms with Gasteiger partial charge in [-0.1, -0.05) is 60.7 Å². The number of benzene rings is 2. The lowest BCUT2D eigenvalue weighted by Crippen LogP contribution is -2.31. The van der Waals surface area contributed by atoms with E-state index in [0.29, 0.717) is 0 Å². The van der Waals surface area contributed by atoms with Crippen LogP contribution in [0.5, 0.6) is 0 Å². The molecule has 0 atom stereocenters. The van der Waals surface area contributed by atoms with Crippen molar-refractivity contribution < 1.29 is 0 Å². The van der Waals surface area contributed by atoms with Gasteiger partial charge in [0.15, 0.2) is 4.77 Å². The van der Waals surface area contributed by atoms with Crippen LogP contribution in [0.4, 0.5) is 0 Å². The molecule has 0 saturated heterocycles. The summed E-state index contributed by atoms with van der Waals surface area (Å²) in [5, 5.41) is 4.40. The summed E-state index contributed by atoms with van der Waals surface area (Å²) in [6, 6.07) is 21.2. The Morgan fingerprint density at radius 2 is 1.40 bits per heavy atom. The molecule has 0 amide bonds. The molecule has 0 bridgehead atoms. The average molecular weight is 353 g/mol. The summed E-state index contributed by atoms with van der Waals surface area (Å²) in [6.07, 6.45) is 3.82. The minimum atomic E-state index is 0.722. The van der Waals surface area contributed by atoms with Crippen LogP contribution in [0.1, 0.15) is 11.1 Å². The number of aryl methyl sites for hydroxylation is 1. The average Bonchev–Trinajstić information content (AvgIpc) is 2.97. The predicted octanol–water partition coefficient (Wildman–Crippen LogP) is 3.70. The molecular weight excluding hydrogens is 328 g/mol. The molecule has 1 aromatic heterocycles. The molecule has 0 N–H and O–H groups in total. The molecule has 25 heavy (non-hydrogen) atoms. The number of hydrogen-bond acceptors (Lipinski definition) is 3. The Kier molecular flexibility index (Phi) is 6.14.